The lowest BCUT2D eigenvalue weighted by molar-refractivity contribution is 0.210. The zero-order chi connectivity index (χ0) is 13.9. The van der Waals surface area contributed by atoms with Gasteiger partial charge in [-0.05, 0) is 44.3 Å². The standard InChI is InChI=1S/C15H26N2O2/c1-4-10-17(11-9-16-2)12-13-19-15-7-5-14(18-3)6-8-15/h5-8,16H,4,9-13H2,1-3H3. The van der Waals surface area contributed by atoms with Gasteiger partial charge in [-0.25, -0.2) is 0 Å². The molecule has 0 spiro atoms. The highest BCUT2D eigenvalue weighted by Crippen LogP contribution is 2.16. The van der Waals surface area contributed by atoms with E-state index in [2.05, 4.69) is 17.1 Å². The van der Waals surface area contributed by atoms with Crippen LogP contribution in [0.5, 0.6) is 11.5 Å². The summed E-state index contributed by atoms with van der Waals surface area (Å²) in [5.41, 5.74) is 0. The van der Waals surface area contributed by atoms with Crippen LogP contribution in [0.2, 0.25) is 0 Å². The number of methoxy groups -OCH3 is 1. The first-order chi connectivity index (χ1) is 9.30. The van der Waals surface area contributed by atoms with Crippen LogP contribution >= 0.6 is 0 Å². The summed E-state index contributed by atoms with van der Waals surface area (Å²) in [5, 5.41) is 3.18. The first-order valence-corrected chi connectivity index (χ1v) is 6.94. The SMILES string of the molecule is CCCN(CCNC)CCOc1ccc(OC)cc1. The summed E-state index contributed by atoms with van der Waals surface area (Å²) < 4.78 is 10.9. The molecule has 1 N–H and O–H groups in total. The smallest absolute Gasteiger partial charge is 0.119 e. The lowest BCUT2D eigenvalue weighted by Gasteiger charge is -2.21. The average molecular weight is 266 g/mol. The molecule has 0 atom stereocenters. The van der Waals surface area contributed by atoms with Crippen LogP contribution < -0.4 is 14.8 Å². The number of ether oxygens (including phenoxy) is 2. The fourth-order valence-corrected chi connectivity index (χ4v) is 1.89. The van der Waals surface area contributed by atoms with E-state index in [0.29, 0.717) is 0 Å². The third-order valence-electron chi connectivity index (χ3n) is 2.95. The summed E-state index contributed by atoms with van der Waals surface area (Å²) in [7, 11) is 3.65. The highest BCUT2D eigenvalue weighted by Gasteiger charge is 2.03. The molecule has 0 radical (unpaired) electrons. The molecule has 1 aromatic rings. The van der Waals surface area contributed by atoms with Gasteiger partial charge in [0.25, 0.3) is 0 Å². The molecule has 0 unspecified atom stereocenters. The summed E-state index contributed by atoms with van der Waals surface area (Å²) in [6.45, 7) is 7.08. The Balaban J connectivity index is 2.29. The molecule has 0 aliphatic carbocycles. The lowest BCUT2D eigenvalue weighted by Crippen LogP contribution is -2.34. The van der Waals surface area contributed by atoms with E-state index in [0.717, 1.165) is 44.3 Å². The molecule has 0 aliphatic rings. The molecule has 4 heteroatoms. The fraction of sp³-hybridized carbons (Fsp3) is 0.600. The van der Waals surface area contributed by atoms with Gasteiger partial charge in [0.2, 0.25) is 0 Å². The van der Waals surface area contributed by atoms with Crippen molar-refractivity contribution in [2.75, 3.05) is 46.9 Å². The Hall–Kier alpha value is -1.26. The van der Waals surface area contributed by atoms with Gasteiger partial charge >= 0.3 is 0 Å². The second-order valence-electron chi connectivity index (χ2n) is 4.47. The highest BCUT2D eigenvalue weighted by molar-refractivity contribution is 5.31. The van der Waals surface area contributed by atoms with Crippen LogP contribution in [-0.4, -0.2) is 51.8 Å². The van der Waals surface area contributed by atoms with Gasteiger partial charge in [-0.1, -0.05) is 6.92 Å². The molecule has 0 aliphatic heterocycles. The Labute approximate surface area is 116 Å². The number of hydrogen-bond acceptors (Lipinski definition) is 4. The Bertz CT molecular complexity index is 327. The second kappa shape index (κ2) is 9.64. The minimum atomic E-state index is 0.718. The molecule has 108 valence electrons. The third kappa shape index (κ3) is 6.45. The third-order valence-corrected chi connectivity index (χ3v) is 2.95. The molecular formula is C15H26N2O2. The molecule has 0 aromatic heterocycles. The topological polar surface area (TPSA) is 33.7 Å². The van der Waals surface area contributed by atoms with E-state index in [4.69, 9.17) is 9.47 Å². The maximum Gasteiger partial charge on any atom is 0.119 e. The first kappa shape index (κ1) is 15.8. The monoisotopic (exact) mass is 266 g/mol. The Kier molecular flexibility index (Phi) is 8.02. The molecule has 1 aromatic carbocycles. The zero-order valence-corrected chi connectivity index (χ0v) is 12.3. The number of rotatable bonds is 10. The van der Waals surface area contributed by atoms with E-state index in [1.807, 2.05) is 31.3 Å². The van der Waals surface area contributed by atoms with Gasteiger partial charge in [0.15, 0.2) is 0 Å². The van der Waals surface area contributed by atoms with Gasteiger partial charge in [-0.2, -0.15) is 0 Å². The van der Waals surface area contributed by atoms with Crippen LogP contribution in [0.15, 0.2) is 24.3 Å². The van der Waals surface area contributed by atoms with E-state index in [9.17, 15) is 0 Å². The number of nitrogens with one attached hydrogen (secondary N) is 1. The first-order valence-electron chi connectivity index (χ1n) is 6.94. The van der Waals surface area contributed by atoms with Gasteiger partial charge in [-0.3, -0.25) is 4.90 Å². The lowest BCUT2D eigenvalue weighted by atomic mass is 10.3. The number of benzene rings is 1. The van der Waals surface area contributed by atoms with Crippen molar-refractivity contribution >= 4 is 0 Å². The van der Waals surface area contributed by atoms with Crippen LogP contribution in [-0.2, 0) is 0 Å². The normalized spacial score (nSPS) is 10.7. The van der Waals surface area contributed by atoms with Crippen molar-refractivity contribution in [1.82, 2.24) is 10.2 Å². The molecule has 0 bridgehead atoms. The van der Waals surface area contributed by atoms with Gasteiger partial charge < -0.3 is 14.8 Å². The molecule has 0 saturated carbocycles. The predicted molar refractivity (Wildman–Crippen MR) is 79.1 cm³/mol. The van der Waals surface area contributed by atoms with Crippen molar-refractivity contribution in [3.63, 3.8) is 0 Å². The average Bonchev–Trinajstić information content (AvgIpc) is 2.45. The van der Waals surface area contributed by atoms with Crippen molar-refractivity contribution in [2.24, 2.45) is 0 Å². The molecule has 1 rings (SSSR count). The van der Waals surface area contributed by atoms with E-state index in [1.165, 1.54) is 6.42 Å². The van der Waals surface area contributed by atoms with E-state index >= 15 is 0 Å². The van der Waals surface area contributed by atoms with Gasteiger partial charge in [0, 0.05) is 19.6 Å². The summed E-state index contributed by atoms with van der Waals surface area (Å²) in [6.07, 6.45) is 1.17. The molecule has 4 nitrogen and oxygen atoms in total. The van der Waals surface area contributed by atoms with Crippen LogP contribution in [0, 0.1) is 0 Å². The summed E-state index contributed by atoms with van der Waals surface area (Å²) in [5.74, 6) is 1.75. The Morgan fingerprint density at radius 1 is 1.05 bits per heavy atom. The number of likely N-dealkylation sites (N-methyl/N-ethyl adjacent to an activating group) is 1. The summed E-state index contributed by atoms with van der Waals surface area (Å²) in [6, 6.07) is 7.72. The van der Waals surface area contributed by atoms with Crippen LogP contribution in [0.25, 0.3) is 0 Å². The van der Waals surface area contributed by atoms with Gasteiger partial charge in [-0.15, -0.1) is 0 Å². The number of nitrogens with zero attached hydrogens (tertiary/aromatic N) is 1. The van der Waals surface area contributed by atoms with Gasteiger partial charge in [0.1, 0.15) is 18.1 Å². The molecule has 0 saturated heterocycles. The second-order valence-corrected chi connectivity index (χ2v) is 4.47. The quantitative estimate of drug-likeness (QED) is 0.702. The van der Waals surface area contributed by atoms with Crippen molar-refractivity contribution in [2.45, 2.75) is 13.3 Å². The molecule has 0 heterocycles. The summed E-state index contributed by atoms with van der Waals surface area (Å²) >= 11 is 0. The van der Waals surface area contributed by atoms with Crippen LogP contribution in [0.4, 0.5) is 0 Å². The molecule has 0 fully saturated rings. The van der Waals surface area contributed by atoms with Crippen molar-refractivity contribution < 1.29 is 9.47 Å². The van der Waals surface area contributed by atoms with Gasteiger partial charge in [0.05, 0.1) is 7.11 Å². The van der Waals surface area contributed by atoms with Crippen molar-refractivity contribution in [3.8, 4) is 11.5 Å². The Morgan fingerprint density at radius 3 is 2.32 bits per heavy atom. The highest BCUT2D eigenvalue weighted by atomic mass is 16.5. The van der Waals surface area contributed by atoms with E-state index < -0.39 is 0 Å². The molecule has 19 heavy (non-hydrogen) atoms. The Morgan fingerprint density at radius 2 is 1.74 bits per heavy atom. The van der Waals surface area contributed by atoms with Crippen molar-refractivity contribution in [3.05, 3.63) is 24.3 Å². The van der Waals surface area contributed by atoms with Crippen LogP contribution in [0.1, 0.15) is 13.3 Å². The summed E-state index contributed by atoms with van der Waals surface area (Å²) in [4.78, 5) is 2.42. The fourth-order valence-electron chi connectivity index (χ4n) is 1.89. The maximum atomic E-state index is 5.74. The number of hydrogen-bond donors (Lipinski definition) is 1. The maximum absolute atomic E-state index is 5.74. The largest absolute Gasteiger partial charge is 0.497 e. The van der Waals surface area contributed by atoms with Crippen LogP contribution in [0.3, 0.4) is 0 Å². The minimum absolute atomic E-state index is 0.718. The predicted octanol–water partition coefficient (Wildman–Crippen LogP) is 2.01. The zero-order valence-electron chi connectivity index (χ0n) is 12.3. The van der Waals surface area contributed by atoms with E-state index in [1.54, 1.807) is 7.11 Å². The van der Waals surface area contributed by atoms with E-state index in [-0.39, 0.29) is 0 Å². The molecular weight excluding hydrogens is 240 g/mol. The van der Waals surface area contributed by atoms with Crippen molar-refractivity contribution in [1.29, 1.82) is 0 Å². The minimum Gasteiger partial charge on any atom is -0.497 e. The molecule has 0 amide bonds.